The summed E-state index contributed by atoms with van der Waals surface area (Å²) in [7, 11) is 0. The van der Waals surface area contributed by atoms with Gasteiger partial charge in [0.05, 0.1) is 0 Å². The van der Waals surface area contributed by atoms with Crippen LogP contribution in [0.2, 0.25) is 0 Å². The fourth-order valence-electron chi connectivity index (χ4n) is 1.09. The summed E-state index contributed by atoms with van der Waals surface area (Å²) in [6.45, 7) is 0.485. The molecule has 0 saturated heterocycles. The Balaban J connectivity index is 2.55. The van der Waals surface area contributed by atoms with E-state index in [0.29, 0.717) is 18.7 Å². The SMILES string of the molecule is NCc1ccc(OC(=O)[C@@H](Br)CCBr)cc1. The molecule has 0 fully saturated rings. The second-order valence-electron chi connectivity index (χ2n) is 3.21. The number of ether oxygens (including phenoxy) is 1. The number of halogens is 2. The molecule has 0 radical (unpaired) electrons. The minimum Gasteiger partial charge on any atom is -0.426 e. The summed E-state index contributed by atoms with van der Waals surface area (Å²) >= 11 is 6.54. The number of hydrogen-bond acceptors (Lipinski definition) is 3. The maximum Gasteiger partial charge on any atom is 0.325 e. The standard InChI is InChI=1S/C11H13Br2NO2/c12-6-5-10(13)11(15)16-9-3-1-8(7-14)2-4-9/h1-4,10H,5-7,14H2/t10-/m0/s1. The first-order valence-electron chi connectivity index (χ1n) is 4.88. The number of esters is 1. The topological polar surface area (TPSA) is 52.3 Å². The van der Waals surface area contributed by atoms with Crippen molar-refractivity contribution in [2.45, 2.75) is 17.8 Å². The zero-order valence-corrected chi connectivity index (χ0v) is 11.8. The molecule has 2 N–H and O–H groups in total. The lowest BCUT2D eigenvalue weighted by Gasteiger charge is -2.08. The molecule has 88 valence electrons. The summed E-state index contributed by atoms with van der Waals surface area (Å²) in [6, 6.07) is 7.18. The van der Waals surface area contributed by atoms with Gasteiger partial charge in [0, 0.05) is 11.9 Å². The predicted molar refractivity (Wildman–Crippen MR) is 71.1 cm³/mol. The van der Waals surface area contributed by atoms with Gasteiger partial charge in [0.25, 0.3) is 0 Å². The molecule has 0 bridgehead atoms. The Bertz CT molecular complexity index is 340. The molecular weight excluding hydrogens is 338 g/mol. The molecule has 0 saturated carbocycles. The van der Waals surface area contributed by atoms with Crippen molar-refractivity contribution < 1.29 is 9.53 Å². The minimum absolute atomic E-state index is 0.277. The maximum absolute atomic E-state index is 11.5. The molecule has 16 heavy (non-hydrogen) atoms. The lowest BCUT2D eigenvalue weighted by atomic mass is 10.2. The van der Waals surface area contributed by atoms with Crippen molar-refractivity contribution in [2.24, 2.45) is 5.73 Å². The Morgan fingerprint density at radius 2 is 2.00 bits per heavy atom. The second kappa shape index (κ2) is 7.04. The van der Waals surface area contributed by atoms with Crippen molar-refractivity contribution in [2.75, 3.05) is 5.33 Å². The van der Waals surface area contributed by atoms with Crippen LogP contribution in [0.5, 0.6) is 5.75 Å². The van der Waals surface area contributed by atoms with Crippen molar-refractivity contribution in [3.05, 3.63) is 29.8 Å². The molecule has 1 rings (SSSR count). The van der Waals surface area contributed by atoms with Crippen LogP contribution in [0, 0.1) is 0 Å². The minimum atomic E-state index is -0.278. The monoisotopic (exact) mass is 349 g/mol. The van der Waals surface area contributed by atoms with Gasteiger partial charge in [-0.15, -0.1) is 0 Å². The van der Waals surface area contributed by atoms with Gasteiger partial charge in [0.15, 0.2) is 0 Å². The fraction of sp³-hybridized carbons (Fsp3) is 0.364. The summed E-state index contributed by atoms with van der Waals surface area (Å²) in [5, 5.41) is 0.754. The van der Waals surface area contributed by atoms with E-state index in [4.69, 9.17) is 10.5 Å². The van der Waals surface area contributed by atoms with Crippen LogP contribution in [-0.2, 0) is 11.3 Å². The third-order valence-corrected chi connectivity index (χ3v) is 3.29. The van der Waals surface area contributed by atoms with E-state index in [1.807, 2.05) is 12.1 Å². The van der Waals surface area contributed by atoms with Crippen LogP contribution in [0.25, 0.3) is 0 Å². The Kier molecular flexibility index (Phi) is 6.01. The smallest absolute Gasteiger partial charge is 0.325 e. The fourth-order valence-corrected chi connectivity index (χ4v) is 2.48. The van der Waals surface area contributed by atoms with E-state index in [1.165, 1.54) is 0 Å². The van der Waals surface area contributed by atoms with Crippen LogP contribution in [0.1, 0.15) is 12.0 Å². The quantitative estimate of drug-likeness (QED) is 0.504. The Morgan fingerprint density at radius 1 is 1.38 bits per heavy atom. The van der Waals surface area contributed by atoms with E-state index in [-0.39, 0.29) is 10.8 Å². The highest BCUT2D eigenvalue weighted by atomic mass is 79.9. The van der Waals surface area contributed by atoms with E-state index in [9.17, 15) is 4.79 Å². The number of carbonyl (C=O) groups is 1. The Labute approximate surface area is 112 Å². The number of carbonyl (C=O) groups excluding carboxylic acids is 1. The Hall–Kier alpha value is -0.390. The lowest BCUT2D eigenvalue weighted by molar-refractivity contribution is -0.133. The van der Waals surface area contributed by atoms with Crippen LogP contribution in [0.3, 0.4) is 0 Å². The van der Waals surface area contributed by atoms with Crippen molar-refractivity contribution >= 4 is 37.8 Å². The molecule has 0 aliphatic heterocycles. The van der Waals surface area contributed by atoms with Gasteiger partial charge < -0.3 is 10.5 Å². The third-order valence-electron chi connectivity index (χ3n) is 2.00. The summed E-state index contributed by atoms with van der Waals surface area (Å²) in [5.41, 5.74) is 6.48. The van der Waals surface area contributed by atoms with Crippen LogP contribution in [-0.4, -0.2) is 16.1 Å². The van der Waals surface area contributed by atoms with E-state index in [0.717, 1.165) is 10.9 Å². The maximum atomic E-state index is 11.5. The number of nitrogens with two attached hydrogens (primary N) is 1. The highest BCUT2D eigenvalue weighted by molar-refractivity contribution is 9.10. The molecule has 0 spiro atoms. The van der Waals surface area contributed by atoms with Gasteiger partial charge in [0.1, 0.15) is 10.6 Å². The number of hydrogen-bond donors (Lipinski definition) is 1. The first-order valence-corrected chi connectivity index (χ1v) is 6.92. The van der Waals surface area contributed by atoms with Crippen molar-refractivity contribution in [1.29, 1.82) is 0 Å². The zero-order chi connectivity index (χ0) is 12.0. The second-order valence-corrected chi connectivity index (χ2v) is 5.11. The highest BCUT2D eigenvalue weighted by Gasteiger charge is 2.16. The summed E-state index contributed by atoms with van der Waals surface area (Å²) in [5.74, 6) is 0.265. The molecule has 0 aromatic heterocycles. The van der Waals surface area contributed by atoms with E-state index < -0.39 is 0 Å². The summed E-state index contributed by atoms with van der Waals surface area (Å²) < 4.78 is 5.18. The molecule has 1 aromatic carbocycles. The van der Waals surface area contributed by atoms with Gasteiger partial charge in [-0.2, -0.15) is 0 Å². The first kappa shape index (κ1) is 13.7. The van der Waals surface area contributed by atoms with Crippen LogP contribution in [0.15, 0.2) is 24.3 Å². The van der Waals surface area contributed by atoms with E-state index in [2.05, 4.69) is 31.9 Å². The van der Waals surface area contributed by atoms with Crippen molar-refractivity contribution in [3.63, 3.8) is 0 Å². The van der Waals surface area contributed by atoms with Gasteiger partial charge in [-0.1, -0.05) is 44.0 Å². The summed E-state index contributed by atoms with van der Waals surface area (Å²) in [6.07, 6.45) is 0.694. The van der Waals surface area contributed by atoms with E-state index in [1.54, 1.807) is 12.1 Å². The van der Waals surface area contributed by atoms with Crippen LogP contribution >= 0.6 is 31.9 Å². The molecule has 1 aromatic rings. The average molecular weight is 351 g/mol. The largest absolute Gasteiger partial charge is 0.426 e. The summed E-state index contributed by atoms with van der Waals surface area (Å²) in [4.78, 5) is 11.3. The normalized spacial score (nSPS) is 12.2. The molecule has 1 atom stereocenters. The molecular formula is C11H13Br2NO2. The van der Waals surface area contributed by atoms with Gasteiger partial charge in [-0.3, -0.25) is 4.79 Å². The molecule has 3 nitrogen and oxygen atoms in total. The predicted octanol–water partition coefficient (Wildman–Crippen LogP) is 2.60. The van der Waals surface area contributed by atoms with Crippen molar-refractivity contribution in [1.82, 2.24) is 0 Å². The van der Waals surface area contributed by atoms with Gasteiger partial charge in [-0.05, 0) is 24.1 Å². The van der Waals surface area contributed by atoms with Crippen LogP contribution in [0.4, 0.5) is 0 Å². The molecule has 5 heteroatoms. The molecule has 0 aliphatic carbocycles. The van der Waals surface area contributed by atoms with E-state index >= 15 is 0 Å². The number of rotatable bonds is 5. The highest BCUT2D eigenvalue weighted by Crippen LogP contribution is 2.15. The molecule has 0 aliphatic rings. The number of alkyl halides is 2. The molecule has 0 unspecified atom stereocenters. The van der Waals surface area contributed by atoms with Gasteiger partial charge in [-0.25, -0.2) is 0 Å². The van der Waals surface area contributed by atoms with Gasteiger partial charge >= 0.3 is 5.97 Å². The lowest BCUT2D eigenvalue weighted by Crippen LogP contribution is -2.20. The average Bonchev–Trinajstić information content (AvgIpc) is 2.30. The number of benzene rings is 1. The van der Waals surface area contributed by atoms with Crippen LogP contribution < -0.4 is 10.5 Å². The van der Waals surface area contributed by atoms with Gasteiger partial charge in [0.2, 0.25) is 0 Å². The van der Waals surface area contributed by atoms with Crippen molar-refractivity contribution in [3.8, 4) is 5.75 Å². The third kappa shape index (κ3) is 4.23. The zero-order valence-electron chi connectivity index (χ0n) is 8.66. The molecule has 0 amide bonds. The Morgan fingerprint density at radius 3 is 2.50 bits per heavy atom. The molecule has 0 heterocycles. The first-order chi connectivity index (χ1) is 7.67.